The van der Waals surface area contributed by atoms with Crippen LogP contribution in [0, 0.1) is 5.41 Å². The van der Waals surface area contributed by atoms with Crippen LogP contribution < -0.4 is 0 Å². The summed E-state index contributed by atoms with van der Waals surface area (Å²) in [4.78, 5) is 36.1. The van der Waals surface area contributed by atoms with Gasteiger partial charge in [0.1, 0.15) is 5.76 Å². The summed E-state index contributed by atoms with van der Waals surface area (Å²) in [5, 5.41) is 0. The number of rotatable bonds is 9. The molecule has 0 saturated carbocycles. The van der Waals surface area contributed by atoms with E-state index in [9.17, 15) is 18.9 Å². The van der Waals surface area contributed by atoms with Crippen LogP contribution in [0.5, 0.6) is 0 Å². The zero-order valence-electron chi connectivity index (χ0n) is 18.0. The third-order valence-corrected chi connectivity index (χ3v) is 5.57. The SMILES string of the molecule is CC1=C(\C(=C/C(C)=C\C=C\C(C)=C\COP(=O)(O)O)OP(=O)(O)O)C(C)(C)CCC1. The van der Waals surface area contributed by atoms with E-state index in [0.29, 0.717) is 0 Å². The van der Waals surface area contributed by atoms with Crippen LogP contribution >= 0.6 is 15.6 Å². The third kappa shape index (κ3) is 10.2. The predicted molar refractivity (Wildman–Crippen MR) is 116 cm³/mol. The lowest BCUT2D eigenvalue weighted by molar-refractivity contribution is 0.215. The summed E-state index contributed by atoms with van der Waals surface area (Å²) in [7, 11) is -9.23. The van der Waals surface area contributed by atoms with Crippen molar-refractivity contribution in [1.29, 1.82) is 0 Å². The van der Waals surface area contributed by atoms with Gasteiger partial charge in [-0.2, -0.15) is 0 Å². The molecule has 0 aromatic heterocycles. The maximum atomic E-state index is 11.6. The fourth-order valence-electron chi connectivity index (χ4n) is 3.38. The molecule has 1 aliphatic rings. The Balaban J connectivity index is 3.11. The molecule has 30 heavy (non-hydrogen) atoms. The van der Waals surface area contributed by atoms with Crippen LogP contribution in [0.1, 0.15) is 53.9 Å². The molecule has 4 N–H and O–H groups in total. The first-order chi connectivity index (χ1) is 13.6. The zero-order chi connectivity index (χ0) is 23.2. The summed E-state index contributed by atoms with van der Waals surface area (Å²) in [5.74, 6) is 0.176. The first-order valence-corrected chi connectivity index (χ1v) is 12.6. The standard InChI is InChI=1S/C20H32O8P2/c1-15(11-13-27-29(21,22)23)8-6-9-16(2)14-18(28-30(24,25)26)19-17(3)10-7-12-20(19,4)5/h6,8-9,11,14H,7,10,12-13H2,1-5H3,(H2,21,22,23)(H2,24,25,26)/b8-6+,15-11+,16-9-,18-14+. The van der Waals surface area contributed by atoms with Crippen LogP contribution in [0.3, 0.4) is 0 Å². The van der Waals surface area contributed by atoms with Crippen molar-refractivity contribution in [2.45, 2.75) is 53.9 Å². The molecule has 10 heteroatoms. The monoisotopic (exact) mass is 462 g/mol. The fourth-order valence-corrected chi connectivity index (χ4v) is 4.05. The maximum absolute atomic E-state index is 11.6. The fraction of sp³-hybridized carbons (Fsp3) is 0.500. The normalized spacial score (nSPS) is 19.6. The topological polar surface area (TPSA) is 134 Å². The van der Waals surface area contributed by atoms with E-state index in [4.69, 9.17) is 14.3 Å². The molecule has 0 radical (unpaired) electrons. The molecule has 1 rings (SSSR count). The Morgan fingerprint density at radius 3 is 2.27 bits per heavy atom. The average Bonchev–Trinajstić information content (AvgIpc) is 2.50. The highest BCUT2D eigenvalue weighted by molar-refractivity contribution is 7.46. The minimum Gasteiger partial charge on any atom is -0.404 e. The molecule has 1 aliphatic carbocycles. The molecule has 0 amide bonds. The van der Waals surface area contributed by atoms with Crippen LogP contribution in [-0.4, -0.2) is 26.2 Å². The van der Waals surface area contributed by atoms with Crippen LogP contribution in [0.4, 0.5) is 0 Å². The van der Waals surface area contributed by atoms with Crippen molar-refractivity contribution < 1.29 is 37.8 Å². The largest absolute Gasteiger partial charge is 0.524 e. The summed E-state index contributed by atoms with van der Waals surface area (Å²) in [5.41, 5.74) is 3.06. The summed E-state index contributed by atoms with van der Waals surface area (Å²) >= 11 is 0. The Kier molecular flexibility index (Phi) is 9.71. The Morgan fingerprint density at radius 1 is 1.10 bits per heavy atom. The molecule has 0 aromatic rings. The number of phosphoric ester groups is 2. The minimum absolute atomic E-state index is 0.176. The van der Waals surface area contributed by atoms with Crippen molar-refractivity contribution in [2.24, 2.45) is 5.41 Å². The van der Waals surface area contributed by atoms with E-state index < -0.39 is 15.6 Å². The number of hydrogen-bond donors (Lipinski definition) is 4. The maximum Gasteiger partial charge on any atom is 0.524 e. The molecule has 0 atom stereocenters. The first-order valence-electron chi connectivity index (χ1n) is 9.50. The molecule has 0 saturated heterocycles. The molecule has 0 bridgehead atoms. The molecule has 0 unspecified atom stereocenters. The van der Waals surface area contributed by atoms with E-state index >= 15 is 0 Å². The van der Waals surface area contributed by atoms with E-state index in [2.05, 4.69) is 4.52 Å². The summed E-state index contributed by atoms with van der Waals surface area (Å²) < 4.78 is 31.6. The highest BCUT2D eigenvalue weighted by atomic mass is 31.2. The molecule has 8 nitrogen and oxygen atoms in total. The van der Waals surface area contributed by atoms with Crippen molar-refractivity contribution in [3.05, 3.63) is 58.4 Å². The number of phosphoric acid groups is 2. The summed E-state index contributed by atoms with van der Waals surface area (Å²) in [6, 6.07) is 0. The van der Waals surface area contributed by atoms with E-state index in [-0.39, 0.29) is 17.8 Å². The predicted octanol–water partition coefficient (Wildman–Crippen LogP) is 5.06. The molecule has 0 fully saturated rings. The van der Waals surface area contributed by atoms with Gasteiger partial charge in [0.2, 0.25) is 0 Å². The highest BCUT2D eigenvalue weighted by Crippen LogP contribution is 2.49. The molecule has 0 spiro atoms. The lowest BCUT2D eigenvalue weighted by atomic mass is 9.72. The van der Waals surface area contributed by atoms with Gasteiger partial charge in [0.05, 0.1) is 6.61 Å². The highest BCUT2D eigenvalue weighted by Gasteiger charge is 2.34. The third-order valence-electron chi connectivity index (χ3n) is 4.65. The second-order valence-corrected chi connectivity index (χ2v) is 10.4. The minimum atomic E-state index is -4.73. The lowest BCUT2D eigenvalue weighted by Crippen LogP contribution is -2.22. The molecule has 0 aliphatic heterocycles. The van der Waals surface area contributed by atoms with Crippen molar-refractivity contribution >= 4 is 15.6 Å². The van der Waals surface area contributed by atoms with E-state index in [1.54, 1.807) is 38.2 Å². The zero-order valence-corrected chi connectivity index (χ0v) is 19.8. The van der Waals surface area contributed by atoms with Gasteiger partial charge in [0.25, 0.3) is 0 Å². The Hall–Kier alpha value is -1.24. The molecule has 0 heterocycles. The Labute approximate surface area is 178 Å². The van der Waals surface area contributed by atoms with Crippen LogP contribution in [-0.2, 0) is 18.2 Å². The second-order valence-electron chi connectivity index (χ2n) is 7.99. The van der Waals surface area contributed by atoms with E-state index in [1.807, 2.05) is 20.8 Å². The van der Waals surface area contributed by atoms with E-state index in [1.165, 1.54) is 6.08 Å². The van der Waals surface area contributed by atoms with Gasteiger partial charge in [0.15, 0.2) is 0 Å². The molecule has 0 aromatic carbocycles. The molecular formula is C20H32O8P2. The van der Waals surface area contributed by atoms with Crippen molar-refractivity contribution in [2.75, 3.05) is 6.61 Å². The van der Waals surface area contributed by atoms with Gasteiger partial charge in [-0.05, 0) is 62.7 Å². The van der Waals surface area contributed by atoms with Gasteiger partial charge < -0.3 is 14.3 Å². The van der Waals surface area contributed by atoms with Gasteiger partial charge >= 0.3 is 15.6 Å². The van der Waals surface area contributed by atoms with Gasteiger partial charge in [-0.1, -0.05) is 49.3 Å². The molecular weight excluding hydrogens is 430 g/mol. The van der Waals surface area contributed by atoms with Crippen LogP contribution in [0.2, 0.25) is 0 Å². The van der Waals surface area contributed by atoms with Gasteiger partial charge in [-0.15, -0.1) is 0 Å². The Bertz CT molecular complexity index is 865. The van der Waals surface area contributed by atoms with Gasteiger partial charge in [-0.25, -0.2) is 9.13 Å². The lowest BCUT2D eigenvalue weighted by Gasteiger charge is -2.35. The Morgan fingerprint density at radius 2 is 1.73 bits per heavy atom. The van der Waals surface area contributed by atoms with Crippen LogP contribution in [0.15, 0.2) is 58.4 Å². The first kappa shape index (κ1) is 26.8. The summed E-state index contributed by atoms with van der Waals surface area (Å²) in [6.07, 6.45) is 11.1. The number of allylic oxidation sites excluding steroid dienone is 8. The smallest absolute Gasteiger partial charge is 0.404 e. The van der Waals surface area contributed by atoms with Crippen molar-refractivity contribution in [3.8, 4) is 0 Å². The average molecular weight is 462 g/mol. The van der Waals surface area contributed by atoms with Crippen LogP contribution in [0.25, 0.3) is 0 Å². The second kappa shape index (κ2) is 10.9. The summed E-state index contributed by atoms with van der Waals surface area (Å²) in [6.45, 7) is 9.35. The van der Waals surface area contributed by atoms with Gasteiger partial charge in [-0.3, -0.25) is 14.3 Å². The molecule has 170 valence electrons. The van der Waals surface area contributed by atoms with Crippen molar-refractivity contribution in [3.63, 3.8) is 0 Å². The van der Waals surface area contributed by atoms with E-state index in [0.717, 1.165) is 41.6 Å². The van der Waals surface area contributed by atoms with Gasteiger partial charge in [0, 0.05) is 0 Å². The quantitative estimate of drug-likeness (QED) is 0.212. The van der Waals surface area contributed by atoms with Crippen molar-refractivity contribution in [1.82, 2.24) is 0 Å². The number of hydrogen-bond acceptors (Lipinski definition) is 4.